The Bertz CT molecular complexity index is 1220. The summed E-state index contributed by atoms with van der Waals surface area (Å²) in [7, 11) is 2.05. The van der Waals surface area contributed by atoms with Crippen LogP contribution in [0.25, 0.3) is 11.3 Å². The van der Waals surface area contributed by atoms with Gasteiger partial charge < -0.3 is 24.3 Å². The van der Waals surface area contributed by atoms with Crippen molar-refractivity contribution >= 4 is 29.2 Å². The van der Waals surface area contributed by atoms with E-state index in [1.807, 2.05) is 0 Å². The zero-order chi connectivity index (χ0) is 25.6. The van der Waals surface area contributed by atoms with Crippen molar-refractivity contribution in [3.63, 3.8) is 0 Å². The number of anilines is 1. The molecular formula is C26H29ClFN5O3. The summed E-state index contributed by atoms with van der Waals surface area (Å²) < 4.78 is 21.1. The minimum atomic E-state index is -0.458. The number of rotatable bonds is 3. The third-order valence-corrected chi connectivity index (χ3v) is 7.52. The van der Waals surface area contributed by atoms with E-state index in [4.69, 9.17) is 21.3 Å². The van der Waals surface area contributed by atoms with Crippen LogP contribution in [0.2, 0.25) is 5.02 Å². The number of carbonyl (C=O) groups excluding carboxylic acids is 2. The van der Waals surface area contributed by atoms with Crippen LogP contribution in [0.1, 0.15) is 17.3 Å². The van der Waals surface area contributed by atoms with Crippen LogP contribution in [0.4, 0.5) is 10.2 Å². The van der Waals surface area contributed by atoms with Crippen LogP contribution in [-0.4, -0.2) is 96.5 Å². The first-order valence-electron chi connectivity index (χ1n) is 12.1. The maximum absolute atomic E-state index is 14.9. The molecule has 2 aromatic rings. The van der Waals surface area contributed by atoms with Crippen LogP contribution in [0.5, 0.6) is 5.75 Å². The Labute approximate surface area is 214 Å². The Kier molecular flexibility index (Phi) is 6.61. The smallest absolute Gasteiger partial charge is 0.261 e. The molecule has 0 N–H and O–H groups in total. The van der Waals surface area contributed by atoms with Gasteiger partial charge in [0.2, 0.25) is 5.91 Å². The molecule has 0 spiro atoms. The number of fused-ring (bicyclic) bond motifs is 2. The highest BCUT2D eigenvalue weighted by molar-refractivity contribution is 6.35. The van der Waals surface area contributed by atoms with Crippen LogP contribution in [0, 0.1) is 5.82 Å². The molecule has 3 aliphatic heterocycles. The maximum atomic E-state index is 14.9. The lowest BCUT2D eigenvalue weighted by molar-refractivity contribution is -0.128. The second-order valence-electron chi connectivity index (χ2n) is 9.54. The predicted molar refractivity (Wildman–Crippen MR) is 136 cm³/mol. The minimum absolute atomic E-state index is 0.0592. The number of aromatic nitrogens is 1. The SMILES string of the molecule is C=CC(=O)N1CCN2C(=O)c3c(N4CCN(C)C[C@@H]4C)nc(-c4ccccc4F)c(Cl)c3OC[C@H]2C1. The molecule has 0 radical (unpaired) electrons. The number of hydrogen-bond acceptors (Lipinski definition) is 6. The van der Waals surface area contributed by atoms with Gasteiger partial charge in [-0.25, -0.2) is 9.37 Å². The van der Waals surface area contributed by atoms with Crippen molar-refractivity contribution in [2.24, 2.45) is 0 Å². The normalized spacial score (nSPS) is 22.4. The fourth-order valence-electron chi connectivity index (χ4n) is 5.27. The summed E-state index contributed by atoms with van der Waals surface area (Å²) in [4.78, 5) is 38.8. The Morgan fingerprint density at radius 2 is 1.94 bits per heavy atom. The van der Waals surface area contributed by atoms with E-state index in [2.05, 4.69) is 30.4 Å². The number of amides is 2. The fourth-order valence-corrected chi connectivity index (χ4v) is 5.56. The van der Waals surface area contributed by atoms with E-state index in [0.29, 0.717) is 37.6 Å². The van der Waals surface area contributed by atoms with Gasteiger partial charge in [0.1, 0.15) is 28.8 Å². The highest BCUT2D eigenvalue weighted by Crippen LogP contribution is 2.44. The Balaban J connectivity index is 1.64. The van der Waals surface area contributed by atoms with Gasteiger partial charge in [-0.05, 0) is 32.2 Å². The maximum Gasteiger partial charge on any atom is 0.261 e. The average molecular weight is 514 g/mol. The molecule has 1 aromatic carbocycles. The molecule has 36 heavy (non-hydrogen) atoms. The first kappa shape index (κ1) is 24.5. The number of halogens is 2. The van der Waals surface area contributed by atoms with Gasteiger partial charge in [-0.15, -0.1) is 0 Å². The quantitative estimate of drug-likeness (QED) is 0.588. The van der Waals surface area contributed by atoms with Crippen molar-refractivity contribution in [2.75, 3.05) is 57.8 Å². The number of benzene rings is 1. The van der Waals surface area contributed by atoms with Gasteiger partial charge in [0, 0.05) is 50.9 Å². The lowest BCUT2D eigenvalue weighted by Crippen LogP contribution is -2.57. The lowest BCUT2D eigenvalue weighted by Gasteiger charge is -2.41. The molecule has 1 aromatic heterocycles. The van der Waals surface area contributed by atoms with Crippen LogP contribution < -0.4 is 9.64 Å². The number of piperazine rings is 2. The number of hydrogen-bond donors (Lipinski definition) is 0. The summed E-state index contributed by atoms with van der Waals surface area (Å²) in [6, 6.07) is 6.01. The molecule has 3 aliphatic rings. The van der Waals surface area contributed by atoms with E-state index in [1.165, 1.54) is 12.1 Å². The number of ether oxygens (including phenoxy) is 1. The molecule has 0 unspecified atom stereocenters. The van der Waals surface area contributed by atoms with E-state index in [1.54, 1.807) is 28.0 Å². The molecule has 0 saturated carbocycles. The van der Waals surface area contributed by atoms with Crippen LogP contribution in [0.15, 0.2) is 36.9 Å². The second-order valence-corrected chi connectivity index (χ2v) is 9.92. The Morgan fingerprint density at radius 3 is 2.67 bits per heavy atom. The highest BCUT2D eigenvalue weighted by atomic mass is 35.5. The third kappa shape index (κ3) is 4.20. The van der Waals surface area contributed by atoms with Gasteiger partial charge in [0.15, 0.2) is 5.75 Å². The molecule has 8 nitrogen and oxygen atoms in total. The third-order valence-electron chi connectivity index (χ3n) is 7.17. The molecule has 190 valence electrons. The van der Waals surface area contributed by atoms with E-state index in [0.717, 1.165) is 13.1 Å². The van der Waals surface area contributed by atoms with Gasteiger partial charge in [0.05, 0.1) is 11.7 Å². The van der Waals surface area contributed by atoms with Gasteiger partial charge in [-0.1, -0.05) is 30.3 Å². The second kappa shape index (κ2) is 9.71. The summed E-state index contributed by atoms with van der Waals surface area (Å²) in [5.41, 5.74) is 0.780. The summed E-state index contributed by atoms with van der Waals surface area (Å²) in [6.45, 7) is 9.11. The number of pyridine rings is 1. The van der Waals surface area contributed by atoms with E-state index in [9.17, 15) is 14.0 Å². The van der Waals surface area contributed by atoms with Crippen LogP contribution in [0.3, 0.4) is 0 Å². The first-order chi connectivity index (χ1) is 17.3. The lowest BCUT2D eigenvalue weighted by atomic mass is 10.0. The average Bonchev–Trinajstić information content (AvgIpc) is 3.01. The van der Waals surface area contributed by atoms with Gasteiger partial charge in [-0.3, -0.25) is 9.59 Å². The molecule has 10 heteroatoms. The standard InChI is InChI=1S/C26H29ClFN5O3/c1-4-20(34)31-10-12-33-17(14-31)15-36-24-21(26(33)35)25(32-11-9-30(3)13-16(32)2)29-23(22(24)27)18-7-5-6-8-19(18)28/h4-8,16-17H,1,9-15H2,2-3H3/t16-,17+/m0/s1. The van der Waals surface area contributed by atoms with Crippen LogP contribution in [-0.2, 0) is 4.79 Å². The molecule has 2 saturated heterocycles. The van der Waals surface area contributed by atoms with E-state index < -0.39 is 5.82 Å². The predicted octanol–water partition coefficient (Wildman–Crippen LogP) is 2.91. The van der Waals surface area contributed by atoms with Crippen molar-refractivity contribution in [2.45, 2.75) is 19.0 Å². The van der Waals surface area contributed by atoms with Crippen molar-refractivity contribution in [1.29, 1.82) is 0 Å². The zero-order valence-corrected chi connectivity index (χ0v) is 21.2. The summed E-state index contributed by atoms with van der Waals surface area (Å²) in [5.74, 6) is -0.220. The van der Waals surface area contributed by atoms with Gasteiger partial charge >= 0.3 is 0 Å². The molecule has 2 amide bonds. The Morgan fingerprint density at radius 1 is 1.19 bits per heavy atom. The molecule has 2 fully saturated rings. The molecule has 0 bridgehead atoms. The first-order valence-corrected chi connectivity index (χ1v) is 12.5. The van der Waals surface area contributed by atoms with Crippen molar-refractivity contribution < 1.29 is 18.7 Å². The van der Waals surface area contributed by atoms with Crippen molar-refractivity contribution in [3.8, 4) is 17.0 Å². The zero-order valence-electron chi connectivity index (χ0n) is 20.4. The Hall–Kier alpha value is -3.17. The summed E-state index contributed by atoms with van der Waals surface area (Å²) >= 11 is 6.81. The molecule has 4 heterocycles. The number of carbonyl (C=O) groups is 2. The summed E-state index contributed by atoms with van der Waals surface area (Å²) in [6.07, 6.45) is 1.28. The molecule has 2 atom stereocenters. The topological polar surface area (TPSA) is 69.2 Å². The molecule has 5 rings (SSSR count). The number of likely N-dealkylation sites (N-methyl/N-ethyl adjacent to an activating group) is 1. The minimum Gasteiger partial charge on any atom is -0.489 e. The van der Waals surface area contributed by atoms with Gasteiger partial charge in [0.25, 0.3) is 5.91 Å². The van der Waals surface area contributed by atoms with E-state index in [-0.39, 0.29) is 52.5 Å². The molecule has 0 aliphatic carbocycles. The van der Waals surface area contributed by atoms with Gasteiger partial charge in [-0.2, -0.15) is 0 Å². The van der Waals surface area contributed by atoms with Crippen molar-refractivity contribution in [1.82, 2.24) is 19.7 Å². The number of nitrogens with zero attached hydrogens (tertiary/aromatic N) is 5. The monoisotopic (exact) mass is 513 g/mol. The van der Waals surface area contributed by atoms with Crippen LogP contribution >= 0.6 is 11.6 Å². The van der Waals surface area contributed by atoms with Crippen molar-refractivity contribution in [3.05, 3.63) is 53.3 Å². The van der Waals surface area contributed by atoms with E-state index >= 15 is 0 Å². The molecular weight excluding hydrogens is 485 g/mol. The highest BCUT2D eigenvalue weighted by Gasteiger charge is 2.41. The fraction of sp³-hybridized carbons (Fsp3) is 0.423. The summed E-state index contributed by atoms with van der Waals surface area (Å²) in [5, 5.41) is 0.104. The largest absolute Gasteiger partial charge is 0.489 e.